The molecule has 0 aromatic carbocycles. The van der Waals surface area contributed by atoms with Crippen LogP contribution >= 0.6 is 0 Å². The van der Waals surface area contributed by atoms with Gasteiger partial charge in [0.25, 0.3) is 0 Å². The SMILES string of the molecule is C=CC1=C(C)C1C. The van der Waals surface area contributed by atoms with E-state index in [1.54, 1.807) is 0 Å². The van der Waals surface area contributed by atoms with Crippen LogP contribution in [0, 0.1) is 5.92 Å². The van der Waals surface area contributed by atoms with Gasteiger partial charge in [0.05, 0.1) is 0 Å². The zero-order chi connectivity index (χ0) is 5.44. The molecule has 0 nitrogen and oxygen atoms in total. The van der Waals surface area contributed by atoms with Crippen molar-refractivity contribution < 1.29 is 0 Å². The topological polar surface area (TPSA) is 0 Å². The lowest BCUT2D eigenvalue weighted by atomic mass is 10.3. The summed E-state index contributed by atoms with van der Waals surface area (Å²) in [6, 6.07) is 0. The van der Waals surface area contributed by atoms with E-state index in [1.807, 2.05) is 6.08 Å². The Bertz CT molecular complexity index is 129. The van der Waals surface area contributed by atoms with Crippen LogP contribution in [0.3, 0.4) is 0 Å². The summed E-state index contributed by atoms with van der Waals surface area (Å²) in [7, 11) is 0. The standard InChI is InChI=1S/C7H10/c1-4-7-5(2)6(7)3/h4-5H,1H2,2-3H3. The zero-order valence-corrected chi connectivity index (χ0v) is 4.86. The Labute approximate surface area is 44.5 Å². The highest BCUT2D eigenvalue weighted by Crippen LogP contribution is 2.38. The highest BCUT2D eigenvalue weighted by molar-refractivity contribution is 5.45. The molecular formula is C7H10. The van der Waals surface area contributed by atoms with Gasteiger partial charge in [0.1, 0.15) is 0 Å². The quantitative estimate of drug-likeness (QED) is 0.467. The van der Waals surface area contributed by atoms with Crippen molar-refractivity contribution in [2.75, 3.05) is 0 Å². The van der Waals surface area contributed by atoms with Gasteiger partial charge in [-0.05, 0) is 12.5 Å². The second kappa shape index (κ2) is 1.22. The van der Waals surface area contributed by atoms with Crippen molar-refractivity contribution in [2.45, 2.75) is 13.8 Å². The first-order valence-electron chi connectivity index (χ1n) is 2.60. The highest BCUT2D eigenvalue weighted by atomic mass is 14.3. The van der Waals surface area contributed by atoms with E-state index < -0.39 is 0 Å². The van der Waals surface area contributed by atoms with Crippen molar-refractivity contribution >= 4 is 0 Å². The van der Waals surface area contributed by atoms with E-state index in [-0.39, 0.29) is 0 Å². The first-order valence-corrected chi connectivity index (χ1v) is 2.60. The highest BCUT2D eigenvalue weighted by Gasteiger charge is 2.23. The first-order chi connectivity index (χ1) is 3.27. The van der Waals surface area contributed by atoms with Crippen molar-refractivity contribution in [3.8, 4) is 0 Å². The van der Waals surface area contributed by atoms with E-state index in [2.05, 4.69) is 20.4 Å². The van der Waals surface area contributed by atoms with Crippen LogP contribution in [0.5, 0.6) is 0 Å². The van der Waals surface area contributed by atoms with Crippen LogP contribution < -0.4 is 0 Å². The van der Waals surface area contributed by atoms with Crippen molar-refractivity contribution in [3.05, 3.63) is 23.8 Å². The van der Waals surface area contributed by atoms with E-state index >= 15 is 0 Å². The van der Waals surface area contributed by atoms with Gasteiger partial charge >= 0.3 is 0 Å². The van der Waals surface area contributed by atoms with Crippen LogP contribution in [0.25, 0.3) is 0 Å². The maximum Gasteiger partial charge on any atom is 0.00225 e. The van der Waals surface area contributed by atoms with Gasteiger partial charge in [-0.2, -0.15) is 0 Å². The number of hydrogen-bond acceptors (Lipinski definition) is 0. The lowest BCUT2D eigenvalue weighted by Crippen LogP contribution is -1.63. The summed E-state index contributed by atoms with van der Waals surface area (Å²) in [5, 5.41) is 0. The zero-order valence-electron chi connectivity index (χ0n) is 4.86. The van der Waals surface area contributed by atoms with Crippen LogP contribution in [-0.4, -0.2) is 0 Å². The normalized spacial score (nSPS) is 28.0. The second-order valence-corrected chi connectivity index (χ2v) is 2.06. The molecule has 0 bridgehead atoms. The molecule has 0 aromatic heterocycles. The minimum absolute atomic E-state index is 0.748. The summed E-state index contributed by atoms with van der Waals surface area (Å²) >= 11 is 0. The molecule has 1 atom stereocenters. The third-order valence-electron chi connectivity index (χ3n) is 1.71. The maximum absolute atomic E-state index is 3.67. The Kier molecular flexibility index (Phi) is 0.810. The minimum Gasteiger partial charge on any atom is -0.0988 e. The Morgan fingerprint density at radius 3 is 2.14 bits per heavy atom. The number of allylic oxidation sites excluding steroid dienone is 3. The summed E-state index contributed by atoms with van der Waals surface area (Å²) < 4.78 is 0. The molecule has 0 radical (unpaired) electrons. The lowest BCUT2D eigenvalue weighted by molar-refractivity contribution is 1.01. The van der Waals surface area contributed by atoms with Crippen LogP contribution in [0.4, 0.5) is 0 Å². The Balaban J connectivity index is 2.60. The molecule has 0 N–H and O–H groups in total. The first kappa shape index (κ1) is 4.63. The van der Waals surface area contributed by atoms with Crippen molar-refractivity contribution in [1.82, 2.24) is 0 Å². The fourth-order valence-electron chi connectivity index (χ4n) is 0.846. The number of hydrogen-bond donors (Lipinski definition) is 0. The third kappa shape index (κ3) is 0.504. The van der Waals surface area contributed by atoms with E-state index in [0.29, 0.717) is 0 Å². The van der Waals surface area contributed by atoms with Crippen LogP contribution in [0.2, 0.25) is 0 Å². The summed E-state index contributed by atoms with van der Waals surface area (Å²) in [4.78, 5) is 0. The predicted octanol–water partition coefficient (Wildman–Crippen LogP) is 2.14. The summed E-state index contributed by atoms with van der Waals surface area (Å²) in [6.45, 7) is 8.02. The molecule has 0 fully saturated rings. The predicted molar refractivity (Wildman–Crippen MR) is 32.1 cm³/mol. The molecule has 1 aliphatic carbocycles. The summed E-state index contributed by atoms with van der Waals surface area (Å²) in [5.74, 6) is 0.748. The average Bonchev–Trinajstić information content (AvgIpc) is 2.17. The van der Waals surface area contributed by atoms with Crippen molar-refractivity contribution in [1.29, 1.82) is 0 Å². The Morgan fingerprint density at radius 1 is 1.71 bits per heavy atom. The molecule has 0 spiro atoms. The van der Waals surface area contributed by atoms with Gasteiger partial charge < -0.3 is 0 Å². The van der Waals surface area contributed by atoms with Gasteiger partial charge in [0, 0.05) is 5.92 Å². The molecule has 0 heterocycles. The van der Waals surface area contributed by atoms with Gasteiger partial charge in [-0.25, -0.2) is 0 Å². The molecule has 38 valence electrons. The average molecular weight is 94.2 g/mol. The van der Waals surface area contributed by atoms with Gasteiger partial charge in [0.2, 0.25) is 0 Å². The monoisotopic (exact) mass is 94.1 g/mol. The second-order valence-electron chi connectivity index (χ2n) is 2.06. The Hall–Kier alpha value is -0.520. The molecule has 0 saturated carbocycles. The molecule has 0 amide bonds. The maximum atomic E-state index is 3.67. The molecule has 0 aliphatic heterocycles. The third-order valence-corrected chi connectivity index (χ3v) is 1.71. The molecule has 7 heavy (non-hydrogen) atoms. The van der Waals surface area contributed by atoms with Crippen LogP contribution in [-0.2, 0) is 0 Å². The van der Waals surface area contributed by atoms with Gasteiger partial charge in [-0.15, -0.1) is 0 Å². The van der Waals surface area contributed by atoms with Crippen molar-refractivity contribution in [3.63, 3.8) is 0 Å². The van der Waals surface area contributed by atoms with E-state index in [9.17, 15) is 0 Å². The molecular weight excluding hydrogens is 84.1 g/mol. The number of rotatable bonds is 1. The van der Waals surface area contributed by atoms with Crippen LogP contribution in [0.15, 0.2) is 23.8 Å². The minimum atomic E-state index is 0.748. The summed E-state index contributed by atoms with van der Waals surface area (Å²) in [6.07, 6.45) is 1.94. The Morgan fingerprint density at radius 2 is 2.14 bits per heavy atom. The van der Waals surface area contributed by atoms with E-state index in [0.717, 1.165) is 5.92 Å². The van der Waals surface area contributed by atoms with E-state index in [1.165, 1.54) is 11.1 Å². The largest absolute Gasteiger partial charge is 0.0988 e. The molecule has 1 aliphatic rings. The molecule has 1 unspecified atom stereocenters. The van der Waals surface area contributed by atoms with Gasteiger partial charge in [-0.1, -0.05) is 25.2 Å². The van der Waals surface area contributed by atoms with Crippen molar-refractivity contribution in [2.24, 2.45) is 5.92 Å². The van der Waals surface area contributed by atoms with Crippen LogP contribution in [0.1, 0.15) is 13.8 Å². The molecule has 0 saturated heterocycles. The van der Waals surface area contributed by atoms with Gasteiger partial charge in [0.15, 0.2) is 0 Å². The smallest absolute Gasteiger partial charge is 0.00225 e. The molecule has 0 heteroatoms. The fourth-order valence-corrected chi connectivity index (χ4v) is 0.846. The summed E-state index contributed by atoms with van der Waals surface area (Å²) in [5.41, 5.74) is 2.95. The van der Waals surface area contributed by atoms with Gasteiger partial charge in [-0.3, -0.25) is 0 Å². The molecule has 1 rings (SSSR count). The lowest BCUT2D eigenvalue weighted by Gasteiger charge is -1.74. The van der Waals surface area contributed by atoms with E-state index in [4.69, 9.17) is 0 Å². The fraction of sp³-hybridized carbons (Fsp3) is 0.429. The molecule has 0 aromatic rings.